The molecule has 0 saturated heterocycles. The van der Waals surface area contributed by atoms with Gasteiger partial charge in [-0.2, -0.15) is 0 Å². The highest BCUT2D eigenvalue weighted by atomic mass is 16.1. The molecule has 0 unspecified atom stereocenters. The first-order chi connectivity index (χ1) is 13.6. The summed E-state index contributed by atoms with van der Waals surface area (Å²) >= 11 is 0. The number of para-hydroxylation sites is 3. The topological polar surface area (TPSA) is 46.9 Å². The molecule has 1 amide bonds. The molecule has 1 heterocycles. The van der Waals surface area contributed by atoms with Gasteiger partial charge in [0.2, 0.25) is 5.91 Å². The summed E-state index contributed by atoms with van der Waals surface area (Å²) < 4.78 is 2.02. The zero-order valence-electron chi connectivity index (χ0n) is 16.1. The average molecular weight is 369 g/mol. The third kappa shape index (κ3) is 3.67. The summed E-state index contributed by atoms with van der Waals surface area (Å²) in [4.78, 5) is 17.7. The van der Waals surface area contributed by atoms with Crippen molar-refractivity contribution in [2.45, 2.75) is 26.8 Å². The molecule has 28 heavy (non-hydrogen) atoms. The summed E-state index contributed by atoms with van der Waals surface area (Å²) in [6.45, 7) is 4.25. The molecule has 0 spiro atoms. The number of aryl methyl sites for hydroxylation is 2. The van der Waals surface area contributed by atoms with Gasteiger partial charge in [0.1, 0.15) is 12.4 Å². The van der Waals surface area contributed by atoms with Crippen LogP contribution in [0.15, 0.2) is 72.8 Å². The Morgan fingerprint density at radius 3 is 2.32 bits per heavy atom. The second-order valence-corrected chi connectivity index (χ2v) is 7.08. The van der Waals surface area contributed by atoms with E-state index in [1.54, 1.807) is 0 Å². The second-order valence-electron chi connectivity index (χ2n) is 7.08. The van der Waals surface area contributed by atoms with E-state index in [0.717, 1.165) is 33.7 Å². The minimum absolute atomic E-state index is 0.0464. The Bertz CT molecular complexity index is 1110. The first kappa shape index (κ1) is 18.0. The van der Waals surface area contributed by atoms with Crippen molar-refractivity contribution in [3.63, 3.8) is 0 Å². The van der Waals surface area contributed by atoms with E-state index >= 15 is 0 Å². The molecule has 4 aromatic rings. The van der Waals surface area contributed by atoms with Gasteiger partial charge in [-0.1, -0.05) is 60.7 Å². The van der Waals surface area contributed by atoms with Crippen molar-refractivity contribution in [1.29, 1.82) is 0 Å². The number of carbonyl (C=O) groups excluding carboxylic acids is 1. The lowest BCUT2D eigenvalue weighted by Gasteiger charge is -2.13. The maximum atomic E-state index is 12.9. The molecular formula is C24H23N3O. The van der Waals surface area contributed by atoms with Crippen molar-refractivity contribution < 1.29 is 4.79 Å². The summed E-state index contributed by atoms with van der Waals surface area (Å²) in [6, 6.07) is 24.2. The number of fused-ring (bicyclic) bond motifs is 1. The standard InChI is InChI=1S/C24H23N3O/c1-17-9-8-10-18(2)24(17)26-23(28)16-27-21-14-7-6-13-20(21)25-22(27)15-19-11-4-3-5-12-19/h3-14H,15-16H2,1-2H3,(H,26,28). The molecule has 4 rings (SSSR count). The monoisotopic (exact) mass is 369 g/mol. The van der Waals surface area contributed by atoms with Crippen molar-refractivity contribution >= 4 is 22.6 Å². The first-order valence-corrected chi connectivity index (χ1v) is 9.46. The highest BCUT2D eigenvalue weighted by molar-refractivity contribution is 5.93. The Kier molecular flexibility index (Phi) is 4.94. The number of hydrogen-bond donors (Lipinski definition) is 1. The number of amides is 1. The SMILES string of the molecule is Cc1cccc(C)c1NC(=O)Cn1c(Cc2ccccc2)nc2ccccc21. The Morgan fingerprint density at radius 1 is 0.893 bits per heavy atom. The van der Waals surface area contributed by atoms with E-state index in [1.807, 2.05) is 79.1 Å². The number of rotatable bonds is 5. The van der Waals surface area contributed by atoms with Gasteiger partial charge >= 0.3 is 0 Å². The number of anilines is 1. The smallest absolute Gasteiger partial charge is 0.244 e. The van der Waals surface area contributed by atoms with E-state index in [0.29, 0.717) is 6.42 Å². The summed E-state index contributed by atoms with van der Waals surface area (Å²) in [7, 11) is 0. The zero-order valence-corrected chi connectivity index (χ0v) is 16.1. The third-order valence-corrected chi connectivity index (χ3v) is 4.99. The van der Waals surface area contributed by atoms with Gasteiger partial charge in [0.05, 0.1) is 11.0 Å². The van der Waals surface area contributed by atoms with Crippen molar-refractivity contribution in [3.8, 4) is 0 Å². The van der Waals surface area contributed by atoms with Gasteiger partial charge in [0, 0.05) is 12.1 Å². The predicted octanol–water partition coefficient (Wildman–Crippen LogP) is 4.88. The quantitative estimate of drug-likeness (QED) is 0.545. The van der Waals surface area contributed by atoms with Crippen LogP contribution in [0.2, 0.25) is 0 Å². The molecule has 1 N–H and O–H groups in total. The molecule has 0 bridgehead atoms. The minimum Gasteiger partial charge on any atom is -0.324 e. The van der Waals surface area contributed by atoms with Gasteiger partial charge < -0.3 is 9.88 Å². The molecule has 0 aliphatic heterocycles. The van der Waals surface area contributed by atoms with E-state index in [9.17, 15) is 4.79 Å². The van der Waals surface area contributed by atoms with Gasteiger partial charge in [0.25, 0.3) is 0 Å². The Balaban J connectivity index is 1.65. The van der Waals surface area contributed by atoms with Gasteiger partial charge in [0.15, 0.2) is 0 Å². The van der Waals surface area contributed by atoms with E-state index in [1.165, 1.54) is 5.56 Å². The minimum atomic E-state index is -0.0464. The number of benzene rings is 3. The largest absolute Gasteiger partial charge is 0.324 e. The summed E-state index contributed by atoms with van der Waals surface area (Å²) in [5, 5.41) is 3.09. The molecule has 4 heteroatoms. The number of nitrogens with zero attached hydrogens (tertiary/aromatic N) is 2. The predicted molar refractivity (Wildman–Crippen MR) is 114 cm³/mol. The van der Waals surface area contributed by atoms with Crippen molar-refractivity contribution in [3.05, 3.63) is 95.3 Å². The lowest BCUT2D eigenvalue weighted by atomic mass is 10.1. The average Bonchev–Trinajstić information content (AvgIpc) is 3.03. The number of nitrogens with one attached hydrogen (secondary N) is 1. The van der Waals surface area contributed by atoms with E-state index in [2.05, 4.69) is 17.4 Å². The van der Waals surface area contributed by atoms with Crippen molar-refractivity contribution in [2.24, 2.45) is 0 Å². The molecule has 1 aromatic heterocycles. The van der Waals surface area contributed by atoms with Crippen LogP contribution in [0.4, 0.5) is 5.69 Å². The molecule has 0 atom stereocenters. The van der Waals surface area contributed by atoms with Crippen LogP contribution in [-0.4, -0.2) is 15.5 Å². The Hall–Kier alpha value is -3.40. The molecular weight excluding hydrogens is 346 g/mol. The second kappa shape index (κ2) is 7.69. The highest BCUT2D eigenvalue weighted by Crippen LogP contribution is 2.21. The Morgan fingerprint density at radius 2 is 1.57 bits per heavy atom. The molecule has 0 fully saturated rings. The fourth-order valence-electron chi connectivity index (χ4n) is 3.55. The maximum absolute atomic E-state index is 12.9. The normalized spacial score (nSPS) is 10.9. The van der Waals surface area contributed by atoms with Crippen molar-refractivity contribution in [2.75, 3.05) is 5.32 Å². The van der Waals surface area contributed by atoms with Crippen LogP contribution in [0.25, 0.3) is 11.0 Å². The van der Waals surface area contributed by atoms with Crippen molar-refractivity contribution in [1.82, 2.24) is 9.55 Å². The van der Waals surface area contributed by atoms with Gasteiger partial charge in [-0.15, -0.1) is 0 Å². The fraction of sp³-hybridized carbons (Fsp3) is 0.167. The van der Waals surface area contributed by atoms with Crippen LogP contribution in [0, 0.1) is 13.8 Å². The van der Waals surface area contributed by atoms with Crippen LogP contribution in [0.3, 0.4) is 0 Å². The molecule has 4 nitrogen and oxygen atoms in total. The number of carbonyl (C=O) groups is 1. The lowest BCUT2D eigenvalue weighted by molar-refractivity contribution is -0.116. The summed E-state index contributed by atoms with van der Waals surface area (Å²) in [6.07, 6.45) is 0.687. The number of imidazole rings is 1. The van der Waals surface area contributed by atoms with Gasteiger partial charge in [-0.3, -0.25) is 4.79 Å². The molecule has 140 valence electrons. The Labute approximate surface area is 164 Å². The summed E-state index contributed by atoms with van der Waals surface area (Å²) in [5.41, 5.74) is 6.08. The molecule has 3 aromatic carbocycles. The van der Waals surface area contributed by atoms with Crippen LogP contribution in [0.1, 0.15) is 22.5 Å². The third-order valence-electron chi connectivity index (χ3n) is 4.99. The summed E-state index contributed by atoms with van der Waals surface area (Å²) in [5.74, 6) is 0.846. The van der Waals surface area contributed by atoms with E-state index in [-0.39, 0.29) is 12.5 Å². The van der Waals surface area contributed by atoms with Crippen LogP contribution in [0.5, 0.6) is 0 Å². The van der Waals surface area contributed by atoms with Crippen LogP contribution >= 0.6 is 0 Å². The molecule has 0 aliphatic carbocycles. The van der Waals surface area contributed by atoms with Crippen LogP contribution < -0.4 is 5.32 Å². The van der Waals surface area contributed by atoms with Crippen LogP contribution in [-0.2, 0) is 17.8 Å². The van der Waals surface area contributed by atoms with E-state index < -0.39 is 0 Å². The zero-order chi connectivity index (χ0) is 19.5. The van der Waals surface area contributed by atoms with Gasteiger partial charge in [-0.25, -0.2) is 4.98 Å². The van der Waals surface area contributed by atoms with E-state index in [4.69, 9.17) is 4.98 Å². The highest BCUT2D eigenvalue weighted by Gasteiger charge is 2.15. The molecule has 0 radical (unpaired) electrons. The first-order valence-electron chi connectivity index (χ1n) is 9.46. The molecule has 0 aliphatic rings. The van der Waals surface area contributed by atoms with Gasteiger partial charge in [-0.05, 0) is 42.7 Å². The molecule has 0 saturated carbocycles. The number of hydrogen-bond acceptors (Lipinski definition) is 2. The number of aromatic nitrogens is 2. The lowest BCUT2D eigenvalue weighted by Crippen LogP contribution is -2.21. The fourth-order valence-corrected chi connectivity index (χ4v) is 3.55. The maximum Gasteiger partial charge on any atom is 0.244 e.